The van der Waals surface area contributed by atoms with Crippen LogP contribution in [-0.2, 0) is 23.7 Å². The van der Waals surface area contributed by atoms with E-state index in [2.05, 4.69) is 6.58 Å². The normalized spacial score (nSPS) is 11.1. The lowest BCUT2D eigenvalue weighted by Crippen LogP contribution is -2.14. The summed E-state index contributed by atoms with van der Waals surface area (Å²) in [5.41, 5.74) is 0. The standard InChI is InChI=1S/C14H28O5/c1-4-5-15-6-7-16-8-9-17-10-11-18-12-13-19-14(2)3/h4,14H,1,5-13H2,2-3H3. The van der Waals surface area contributed by atoms with Gasteiger partial charge in [0.2, 0.25) is 0 Å². The van der Waals surface area contributed by atoms with Crippen LogP contribution in [-0.4, -0.2) is 65.6 Å². The third kappa shape index (κ3) is 17.5. The van der Waals surface area contributed by atoms with Crippen LogP contribution < -0.4 is 0 Å². The molecule has 5 nitrogen and oxygen atoms in total. The average molecular weight is 276 g/mol. The second-order valence-corrected chi connectivity index (χ2v) is 4.12. The molecule has 0 unspecified atom stereocenters. The van der Waals surface area contributed by atoms with Crippen molar-refractivity contribution < 1.29 is 23.7 Å². The van der Waals surface area contributed by atoms with Crippen molar-refractivity contribution in [3.63, 3.8) is 0 Å². The van der Waals surface area contributed by atoms with Crippen LogP contribution in [0.5, 0.6) is 0 Å². The lowest BCUT2D eigenvalue weighted by Gasteiger charge is -2.08. The third-order valence-corrected chi connectivity index (χ3v) is 2.03. The van der Waals surface area contributed by atoms with Crippen molar-refractivity contribution >= 4 is 0 Å². The summed E-state index contributed by atoms with van der Waals surface area (Å²) < 4.78 is 26.5. The zero-order valence-electron chi connectivity index (χ0n) is 12.3. The van der Waals surface area contributed by atoms with E-state index in [1.807, 2.05) is 13.8 Å². The molecule has 0 aromatic heterocycles. The smallest absolute Gasteiger partial charge is 0.0704 e. The summed E-state index contributed by atoms with van der Waals surface area (Å²) >= 11 is 0. The largest absolute Gasteiger partial charge is 0.377 e. The van der Waals surface area contributed by atoms with Crippen LogP contribution in [0, 0.1) is 0 Å². The predicted molar refractivity (Wildman–Crippen MR) is 74.6 cm³/mol. The van der Waals surface area contributed by atoms with E-state index in [9.17, 15) is 0 Å². The van der Waals surface area contributed by atoms with E-state index in [1.165, 1.54) is 0 Å². The molecule has 0 aromatic carbocycles. The van der Waals surface area contributed by atoms with Gasteiger partial charge in [0.1, 0.15) is 0 Å². The maximum absolute atomic E-state index is 5.34. The van der Waals surface area contributed by atoms with Gasteiger partial charge in [0.05, 0.1) is 65.6 Å². The minimum atomic E-state index is 0.257. The maximum atomic E-state index is 5.34. The molecule has 0 aromatic rings. The Morgan fingerprint density at radius 2 is 1.16 bits per heavy atom. The highest BCUT2D eigenvalue weighted by Crippen LogP contribution is 1.87. The molecule has 0 N–H and O–H groups in total. The fraction of sp³-hybridized carbons (Fsp3) is 0.857. The van der Waals surface area contributed by atoms with Crippen LogP contribution in [0.2, 0.25) is 0 Å². The Hall–Kier alpha value is -0.460. The zero-order chi connectivity index (χ0) is 14.2. The van der Waals surface area contributed by atoms with E-state index >= 15 is 0 Å². The van der Waals surface area contributed by atoms with Gasteiger partial charge in [0, 0.05) is 0 Å². The van der Waals surface area contributed by atoms with Gasteiger partial charge in [-0.05, 0) is 13.8 Å². The van der Waals surface area contributed by atoms with E-state index in [0.717, 1.165) is 0 Å². The fourth-order valence-electron chi connectivity index (χ4n) is 1.17. The molecule has 5 heteroatoms. The van der Waals surface area contributed by atoms with Gasteiger partial charge in [-0.1, -0.05) is 6.08 Å². The van der Waals surface area contributed by atoms with Gasteiger partial charge in [0.15, 0.2) is 0 Å². The molecule has 19 heavy (non-hydrogen) atoms. The number of rotatable bonds is 15. The highest BCUT2D eigenvalue weighted by molar-refractivity contribution is 4.63. The van der Waals surface area contributed by atoms with Crippen LogP contribution in [0.15, 0.2) is 12.7 Å². The van der Waals surface area contributed by atoms with Crippen LogP contribution in [0.25, 0.3) is 0 Å². The summed E-state index contributed by atoms with van der Waals surface area (Å²) in [6.45, 7) is 12.9. The highest BCUT2D eigenvalue weighted by atomic mass is 16.6. The molecule has 0 bridgehead atoms. The van der Waals surface area contributed by atoms with Crippen molar-refractivity contribution in [3.05, 3.63) is 12.7 Å². The topological polar surface area (TPSA) is 46.2 Å². The Morgan fingerprint density at radius 1 is 0.737 bits per heavy atom. The Balaban J connectivity index is 2.93. The van der Waals surface area contributed by atoms with E-state index in [-0.39, 0.29) is 6.10 Å². The second-order valence-electron chi connectivity index (χ2n) is 4.12. The molecule has 0 spiro atoms. The number of hydrogen-bond acceptors (Lipinski definition) is 5. The van der Waals surface area contributed by atoms with E-state index in [0.29, 0.717) is 59.5 Å². The van der Waals surface area contributed by atoms with Gasteiger partial charge in [-0.2, -0.15) is 0 Å². The minimum Gasteiger partial charge on any atom is -0.377 e. The molecular formula is C14H28O5. The zero-order valence-corrected chi connectivity index (χ0v) is 12.3. The first kappa shape index (κ1) is 18.5. The van der Waals surface area contributed by atoms with E-state index in [4.69, 9.17) is 23.7 Å². The van der Waals surface area contributed by atoms with Gasteiger partial charge in [-0.3, -0.25) is 0 Å². The number of hydrogen-bond donors (Lipinski definition) is 0. The summed E-state index contributed by atoms with van der Waals surface area (Å²) in [4.78, 5) is 0. The summed E-state index contributed by atoms with van der Waals surface area (Å²) in [5.74, 6) is 0. The number of ether oxygens (including phenoxy) is 5. The Bertz CT molecular complexity index is 185. The summed E-state index contributed by atoms with van der Waals surface area (Å²) in [5, 5.41) is 0. The van der Waals surface area contributed by atoms with Crippen molar-refractivity contribution in [2.45, 2.75) is 20.0 Å². The maximum Gasteiger partial charge on any atom is 0.0704 e. The lowest BCUT2D eigenvalue weighted by atomic mass is 10.5. The summed E-state index contributed by atoms with van der Waals surface area (Å²) in [7, 11) is 0. The summed E-state index contributed by atoms with van der Waals surface area (Å²) in [6, 6.07) is 0. The Morgan fingerprint density at radius 3 is 1.58 bits per heavy atom. The van der Waals surface area contributed by atoms with Crippen molar-refractivity contribution in [2.24, 2.45) is 0 Å². The van der Waals surface area contributed by atoms with E-state index < -0.39 is 0 Å². The second kappa shape index (κ2) is 15.6. The van der Waals surface area contributed by atoms with Crippen molar-refractivity contribution in [2.75, 3.05) is 59.5 Å². The monoisotopic (exact) mass is 276 g/mol. The molecule has 114 valence electrons. The SMILES string of the molecule is C=CCOCCOCCOCCOCCOC(C)C. The average Bonchev–Trinajstić information content (AvgIpc) is 2.39. The molecule has 0 fully saturated rings. The third-order valence-electron chi connectivity index (χ3n) is 2.03. The van der Waals surface area contributed by atoms with Gasteiger partial charge >= 0.3 is 0 Å². The lowest BCUT2D eigenvalue weighted by molar-refractivity contribution is -0.0165. The molecule has 0 saturated carbocycles. The first-order valence-corrected chi connectivity index (χ1v) is 6.80. The molecule has 0 aliphatic carbocycles. The molecule has 0 aliphatic rings. The Labute approximate surface area is 116 Å². The van der Waals surface area contributed by atoms with Crippen molar-refractivity contribution in [3.8, 4) is 0 Å². The van der Waals surface area contributed by atoms with Gasteiger partial charge in [-0.25, -0.2) is 0 Å². The minimum absolute atomic E-state index is 0.257. The Kier molecular flexibility index (Phi) is 15.2. The molecule has 0 aliphatic heterocycles. The molecule has 0 heterocycles. The summed E-state index contributed by atoms with van der Waals surface area (Å²) in [6.07, 6.45) is 1.97. The van der Waals surface area contributed by atoms with Crippen LogP contribution in [0.1, 0.15) is 13.8 Å². The fourth-order valence-corrected chi connectivity index (χ4v) is 1.17. The molecular weight excluding hydrogens is 248 g/mol. The molecule has 0 rings (SSSR count). The van der Waals surface area contributed by atoms with Crippen LogP contribution in [0.4, 0.5) is 0 Å². The first-order chi connectivity index (χ1) is 9.27. The van der Waals surface area contributed by atoms with Gasteiger partial charge in [0.25, 0.3) is 0 Å². The predicted octanol–water partition coefficient (Wildman–Crippen LogP) is 1.66. The van der Waals surface area contributed by atoms with Gasteiger partial charge < -0.3 is 23.7 Å². The van der Waals surface area contributed by atoms with Crippen LogP contribution >= 0.6 is 0 Å². The first-order valence-electron chi connectivity index (χ1n) is 6.80. The van der Waals surface area contributed by atoms with E-state index in [1.54, 1.807) is 6.08 Å². The molecule has 0 amide bonds. The molecule has 0 saturated heterocycles. The van der Waals surface area contributed by atoms with Crippen molar-refractivity contribution in [1.29, 1.82) is 0 Å². The molecule has 0 atom stereocenters. The molecule has 0 radical (unpaired) electrons. The highest BCUT2D eigenvalue weighted by Gasteiger charge is 1.94. The quantitative estimate of drug-likeness (QED) is 0.336. The van der Waals surface area contributed by atoms with Crippen LogP contribution in [0.3, 0.4) is 0 Å². The van der Waals surface area contributed by atoms with Crippen molar-refractivity contribution in [1.82, 2.24) is 0 Å². The van der Waals surface area contributed by atoms with Gasteiger partial charge in [-0.15, -0.1) is 6.58 Å².